The van der Waals surface area contributed by atoms with Gasteiger partial charge in [0.05, 0.1) is 11.0 Å². The molecule has 0 spiro atoms. The first-order valence-corrected chi connectivity index (χ1v) is 8.39. The van der Waals surface area contributed by atoms with Gasteiger partial charge in [-0.05, 0) is 36.4 Å². The van der Waals surface area contributed by atoms with Gasteiger partial charge in [0.25, 0.3) is 0 Å². The molecule has 0 saturated heterocycles. The Morgan fingerprint density at radius 1 is 1.19 bits per heavy atom. The monoisotopic (exact) mass is 378 g/mol. The number of aromatic nitrogens is 2. The fraction of sp³-hybridized carbons (Fsp3) is 0.222. The largest absolute Gasteiger partial charge is 0.337 e. The molecule has 0 bridgehead atoms. The van der Waals surface area contributed by atoms with Crippen molar-refractivity contribution in [1.29, 1.82) is 0 Å². The first-order valence-electron chi connectivity index (χ1n) is 8.01. The average molecular weight is 379 g/mol. The third-order valence-corrected chi connectivity index (χ3v) is 4.18. The zero-order valence-corrected chi connectivity index (χ0v) is 14.7. The van der Waals surface area contributed by atoms with E-state index < -0.39 is 18.5 Å². The second kappa shape index (κ2) is 7.70. The van der Waals surface area contributed by atoms with Crippen molar-refractivity contribution in [3.05, 3.63) is 59.4 Å². The Labute approximate surface area is 154 Å². The van der Waals surface area contributed by atoms with Gasteiger partial charge in [0.2, 0.25) is 0 Å². The number of nitrogens with zero attached hydrogens (tertiary/aromatic N) is 2. The van der Waals surface area contributed by atoms with Crippen LogP contribution in [0.4, 0.5) is 19.3 Å². The molecule has 5 nitrogen and oxygen atoms in total. The fourth-order valence-electron chi connectivity index (χ4n) is 2.66. The predicted molar refractivity (Wildman–Crippen MR) is 97.9 cm³/mol. The van der Waals surface area contributed by atoms with Crippen LogP contribution in [-0.2, 0) is 0 Å². The average Bonchev–Trinajstić information content (AvgIpc) is 3.01. The molecule has 0 saturated carbocycles. The molecular weight excluding hydrogens is 362 g/mol. The number of amides is 2. The van der Waals surface area contributed by atoms with Gasteiger partial charge in [-0.15, -0.1) is 0 Å². The summed E-state index contributed by atoms with van der Waals surface area (Å²) in [5.74, 6) is -0.166. The number of hydrogen-bond acceptors (Lipinski definition) is 2. The summed E-state index contributed by atoms with van der Waals surface area (Å²) in [6, 6.07) is 12.9. The molecule has 3 aromatic rings. The number of benzene rings is 2. The van der Waals surface area contributed by atoms with Gasteiger partial charge in [0.15, 0.2) is 0 Å². The summed E-state index contributed by atoms with van der Waals surface area (Å²) < 4.78 is 27.9. The molecule has 26 heavy (non-hydrogen) atoms. The van der Waals surface area contributed by atoms with Gasteiger partial charge in [-0.2, -0.15) is 8.78 Å². The lowest BCUT2D eigenvalue weighted by atomic mass is 10.1. The highest BCUT2D eigenvalue weighted by Gasteiger charge is 2.22. The van der Waals surface area contributed by atoms with Crippen molar-refractivity contribution in [2.75, 3.05) is 11.9 Å². The molecule has 2 aromatic carbocycles. The topological polar surface area (TPSA) is 59.0 Å². The van der Waals surface area contributed by atoms with Crippen molar-refractivity contribution in [2.24, 2.45) is 0 Å². The quantitative estimate of drug-likeness (QED) is 0.655. The van der Waals surface area contributed by atoms with Crippen molar-refractivity contribution in [2.45, 2.75) is 19.4 Å². The number of imidazole rings is 1. The number of rotatable bonds is 5. The molecule has 3 rings (SSSR count). The Morgan fingerprint density at radius 2 is 1.88 bits per heavy atom. The highest BCUT2D eigenvalue weighted by Crippen LogP contribution is 2.27. The molecule has 1 heterocycles. The summed E-state index contributed by atoms with van der Waals surface area (Å²) >= 11 is 5.79. The van der Waals surface area contributed by atoms with Gasteiger partial charge in [-0.3, -0.25) is 4.57 Å². The molecule has 8 heteroatoms. The Kier molecular flexibility index (Phi) is 5.37. The maximum absolute atomic E-state index is 13.5. The number of para-hydroxylation sites is 2. The van der Waals surface area contributed by atoms with E-state index in [0.29, 0.717) is 21.7 Å². The molecule has 0 radical (unpaired) electrons. The summed E-state index contributed by atoms with van der Waals surface area (Å²) in [6.45, 7) is -0.805. The first kappa shape index (κ1) is 18.1. The van der Waals surface area contributed by atoms with Crippen LogP contribution < -0.4 is 10.6 Å². The highest BCUT2D eigenvalue weighted by molar-refractivity contribution is 6.30. The number of hydrogen-bond donors (Lipinski definition) is 2. The lowest BCUT2D eigenvalue weighted by molar-refractivity contribution is 0.0705. The third-order valence-electron chi connectivity index (χ3n) is 3.93. The SMILES string of the molecule is C[C@H](CNC(=O)Nc1ccc(Cl)cc1)c1nc2ccccc2n1C(F)F. The fourth-order valence-corrected chi connectivity index (χ4v) is 2.79. The summed E-state index contributed by atoms with van der Waals surface area (Å²) in [7, 11) is 0. The smallest absolute Gasteiger partial charge is 0.320 e. The van der Waals surface area contributed by atoms with Crippen LogP contribution in [0.2, 0.25) is 5.02 Å². The lowest BCUT2D eigenvalue weighted by Crippen LogP contribution is -2.32. The normalized spacial score (nSPS) is 12.3. The number of urea groups is 1. The standard InChI is InChI=1S/C18H17ClF2N4O/c1-11(10-22-18(26)23-13-8-6-12(19)7-9-13)16-24-14-4-2-3-5-15(14)25(16)17(20)21/h2-9,11,17H,10H2,1H3,(H2,22,23,26)/t11-/m1/s1. The summed E-state index contributed by atoms with van der Waals surface area (Å²) in [5, 5.41) is 5.89. The number of carbonyl (C=O) groups is 1. The van der Waals surface area contributed by atoms with Crippen LogP contribution in [0, 0.1) is 0 Å². The Hall–Kier alpha value is -2.67. The van der Waals surface area contributed by atoms with Crippen LogP contribution in [-0.4, -0.2) is 22.1 Å². The van der Waals surface area contributed by atoms with E-state index in [4.69, 9.17) is 11.6 Å². The van der Waals surface area contributed by atoms with Crippen LogP contribution in [0.1, 0.15) is 25.2 Å². The van der Waals surface area contributed by atoms with Crippen LogP contribution in [0.3, 0.4) is 0 Å². The molecule has 0 aliphatic rings. The number of halogens is 3. The molecular formula is C18H17ClF2N4O. The van der Waals surface area contributed by atoms with E-state index in [1.54, 1.807) is 55.5 Å². The first-order chi connectivity index (χ1) is 12.5. The molecule has 2 N–H and O–H groups in total. The van der Waals surface area contributed by atoms with Crippen molar-refractivity contribution in [3.63, 3.8) is 0 Å². The van der Waals surface area contributed by atoms with E-state index in [1.807, 2.05) is 0 Å². The number of fused-ring (bicyclic) bond motifs is 1. The summed E-state index contributed by atoms with van der Waals surface area (Å²) in [4.78, 5) is 16.3. The Balaban J connectivity index is 1.69. The second-order valence-electron chi connectivity index (χ2n) is 5.85. The van der Waals surface area contributed by atoms with E-state index in [9.17, 15) is 13.6 Å². The van der Waals surface area contributed by atoms with E-state index in [2.05, 4.69) is 15.6 Å². The zero-order valence-electron chi connectivity index (χ0n) is 13.9. The lowest BCUT2D eigenvalue weighted by Gasteiger charge is -2.15. The van der Waals surface area contributed by atoms with E-state index in [0.717, 1.165) is 4.57 Å². The van der Waals surface area contributed by atoms with Gasteiger partial charge >= 0.3 is 12.6 Å². The molecule has 1 atom stereocenters. The van der Waals surface area contributed by atoms with Gasteiger partial charge in [-0.25, -0.2) is 9.78 Å². The van der Waals surface area contributed by atoms with Crippen LogP contribution in [0.25, 0.3) is 11.0 Å². The summed E-state index contributed by atoms with van der Waals surface area (Å²) in [5.41, 5.74) is 1.45. The highest BCUT2D eigenvalue weighted by atomic mass is 35.5. The Bertz CT molecular complexity index is 911. The zero-order chi connectivity index (χ0) is 18.7. The maximum atomic E-state index is 13.5. The molecule has 0 aliphatic heterocycles. The van der Waals surface area contributed by atoms with Gasteiger partial charge in [0, 0.05) is 23.2 Å². The van der Waals surface area contributed by atoms with Gasteiger partial charge in [0.1, 0.15) is 5.82 Å². The van der Waals surface area contributed by atoms with E-state index in [-0.39, 0.29) is 12.4 Å². The molecule has 0 unspecified atom stereocenters. The van der Waals surface area contributed by atoms with E-state index >= 15 is 0 Å². The molecule has 1 aromatic heterocycles. The maximum Gasteiger partial charge on any atom is 0.320 e. The molecule has 136 valence electrons. The number of anilines is 1. The predicted octanol–water partition coefficient (Wildman–Crippen LogP) is 5.01. The van der Waals surface area contributed by atoms with Crippen molar-refractivity contribution < 1.29 is 13.6 Å². The van der Waals surface area contributed by atoms with Gasteiger partial charge in [-0.1, -0.05) is 30.7 Å². The minimum Gasteiger partial charge on any atom is -0.337 e. The van der Waals surface area contributed by atoms with Crippen molar-refractivity contribution >= 4 is 34.4 Å². The third kappa shape index (κ3) is 3.94. The Morgan fingerprint density at radius 3 is 2.58 bits per heavy atom. The molecule has 0 aliphatic carbocycles. The summed E-state index contributed by atoms with van der Waals surface area (Å²) in [6.07, 6.45) is 0. The second-order valence-corrected chi connectivity index (χ2v) is 6.29. The van der Waals surface area contributed by atoms with Crippen LogP contribution >= 0.6 is 11.6 Å². The minimum absolute atomic E-state index is 0.162. The number of carbonyl (C=O) groups excluding carboxylic acids is 1. The number of nitrogens with one attached hydrogen (secondary N) is 2. The van der Waals surface area contributed by atoms with Crippen LogP contribution in [0.5, 0.6) is 0 Å². The van der Waals surface area contributed by atoms with E-state index in [1.165, 1.54) is 0 Å². The van der Waals surface area contributed by atoms with Crippen molar-refractivity contribution in [1.82, 2.24) is 14.9 Å². The van der Waals surface area contributed by atoms with Crippen LogP contribution in [0.15, 0.2) is 48.5 Å². The number of alkyl halides is 2. The molecule has 2 amide bonds. The van der Waals surface area contributed by atoms with Crippen molar-refractivity contribution in [3.8, 4) is 0 Å². The van der Waals surface area contributed by atoms with Gasteiger partial charge < -0.3 is 10.6 Å². The molecule has 0 fully saturated rings. The minimum atomic E-state index is -2.71.